The Balaban J connectivity index is 1.47. The van der Waals surface area contributed by atoms with Gasteiger partial charge in [0.1, 0.15) is 11.6 Å². The average molecular weight is 508 g/mol. The van der Waals surface area contributed by atoms with E-state index in [0.29, 0.717) is 5.56 Å². The van der Waals surface area contributed by atoms with Crippen molar-refractivity contribution >= 4 is 17.5 Å². The SMILES string of the molecule is CC(=O)Nc1cccc(-c2cccc(C3(NC[C@@H](O)[C@H](Cc4cc(F)cc(F)c4)NC(C)=O)CC3)c2)c1. The molecule has 1 aliphatic carbocycles. The standard InChI is InChI=1S/C29H31F2N3O3/c1-18(35)33-26-8-4-6-22(15-26)21-5-3-7-23(14-21)29(9-10-29)32-17-28(37)27(34-19(2)36)13-20-11-24(30)16-25(31)12-20/h3-8,11-12,14-16,27-28,32,37H,9-10,13,17H2,1-2H3,(H,33,35)(H,34,36)/t27-,28+/m0/s1. The molecule has 2 atom stereocenters. The summed E-state index contributed by atoms with van der Waals surface area (Å²) in [6.45, 7) is 3.00. The van der Waals surface area contributed by atoms with Crippen molar-refractivity contribution in [2.24, 2.45) is 0 Å². The lowest BCUT2D eigenvalue weighted by molar-refractivity contribution is -0.120. The summed E-state index contributed by atoms with van der Waals surface area (Å²) in [5.74, 6) is -1.88. The smallest absolute Gasteiger partial charge is 0.221 e. The Labute approximate surface area is 215 Å². The molecule has 1 aliphatic rings. The normalized spacial score (nSPS) is 15.5. The number of nitrogens with one attached hydrogen (secondary N) is 3. The zero-order chi connectivity index (χ0) is 26.6. The third-order valence-corrected chi connectivity index (χ3v) is 6.56. The molecule has 8 heteroatoms. The van der Waals surface area contributed by atoms with Gasteiger partial charge in [-0.3, -0.25) is 9.59 Å². The summed E-state index contributed by atoms with van der Waals surface area (Å²) in [7, 11) is 0. The van der Waals surface area contributed by atoms with Gasteiger partial charge < -0.3 is 21.1 Å². The number of anilines is 1. The molecule has 4 rings (SSSR count). The van der Waals surface area contributed by atoms with Crippen LogP contribution in [0.15, 0.2) is 66.7 Å². The number of rotatable bonds is 10. The number of hydrogen-bond acceptors (Lipinski definition) is 4. The maximum absolute atomic E-state index is 13.7. The lowest BCUT2D eigenvalue weighted by Crippen LogP contribution is -2.49. The number of benzene rings is 3. The first-order valence-corrected chi connectivity index (χ1v) is 12.3. The summed E-state index contributed by atoms with van der Waals surface area (Å²) in [5, 5.41) is 19.9. The molecule has 3 aromatic carbocycles. The zero-order valence-electron chi connectivity index (χ0n) is 20.9. The van der Waals surface area contributed by atoms with Crippen molar-refractivity contribution in [1.29, 1.82) is 0 Å². The Morgan fingerprint density at radius 2 is 1.57 bits per heavy atom. The van der Waals surface area contributed by atoms with Gasteiger partial charge in [-0.25, -0.2) is 8.78 Å². The van der Waals surface area contributed by atoms with Gasteiger partial charge in [0, 0.05) is 37.7 Å². The zero-order valence-corrected chi connectivity index (χ0v) is 20.9. The number of hydrogen-bond donors (Lipinski definition) is 4. The Bertz CT molecular complexity index is 1270. The summed E-state index contributed by atoms with van der Waals surface area (Å²) >= 11 is 0. The number of carbonyl (C=O) groups excluding carboxylic acids is 2. The van der Waals surface area contributed by atoms with Crippen molar-refractivity contribution in [2.75, 3.05) is 11.9 Å². The van der Waals surface area contributed by atoms with Crippen LogP contribution in [0.5, 0.6) is 0 Å². The fraction of sp³-hybridized carbons (Fsp3) is 0.310. The van der Waals surface area contributed by atoms with Gasteiger partial charge >= 0.3 is 0 Å². The average Bonchev–Trinajstić information content (AvgIpc) is 3.62. The van der Waals surface area contributed by atoms with Gasteiger partial charge in [0.05, 0.1) is 12.1 Å². The van der Waals surface area contributed by atoms with Crippen LogP contribution in [0.25, 0.3) is 11.1 Å². The van der Waals surface area contributed by atoms with Crippen LogP contribution in [0.4, 0.5) is 14.5 Å². The second-order valence-electron chi connectivity index (χ2n) is 9.66. The molecule has 4 N–H and O–H groups in total. The predicted molar refractivity (Wildman–Crippen MR) is 139 cm³/mol. The van der Waals surface area contributed by atoms with E-state index >= 15 is 0 Å². The molecule has 2 amide bonds. The van der Waals surface area contributed by atoms with Crippen molar-refractivity contribution in [2.45, 2.75) is 50.8 Å². The van der Waals surface area contributed by atoms with E-state index in [1.807, 2.05) is 42.5 Å². The molecule has 0 bridgehead atoms. The van der Waals surface area contributed by atoms with Gasteiger partial charge in [-0.2, -0.15) is 0 Å². The molecule has 0 aromatic heterocycles. The molecular weight excluding hydrogens is 476 g/mol. The first-order valence-electron chi connectivity index (χ1n) is 12.3. The molecular formula is C29H31F2N3O3. The largest absolute Gasteiger partial charge is 0.390 e. The van der Waals surface area contributed by atoms with Gasteiger partial charge in [-0.15, -0.1) is 0 Å². The number of carbonyl (C=O) groups is 2. The van der Waals surface area contributed by atoms with Gasteiger partial charge in [-0.1, -0.05) is 30.3 Å². The fourth-order valence-corrected chi connectivity index (χ4v) is 4.64. The molecule has 0 aliphatic heterocycles. The van der Waals surface area contributed by atoms with Crippen LogP contribution in [0.3, 0.4) is 0 Å². The van der Waals surface area contributed by atoms with Crippen molar-refractivity contribution in [3.8, 4) is 11.1 Å². The van der Waals surface area contributed by atoms with Crippen LogP contribution >= 0.6 is 0 Å². The maximum atomic E-state index is 13.7. The number of aliphatic hydroxyl groups excluding tert-OH is 1. The van der Waals surface area contributed by atoms with Gasteiger partial charge in [-0.05, 0) is 71.8 Å². The predicted octanol–water partition coefficient (Wildman–Crippen LogP) is 4.28. The topological polar surface area (TPSA) is 90.5 Å². The van der Waals surface area contributed by atoms with Crippen LogP contribution < -0.4 is 16.0 Å². The minimum atomic E-state index is -0.981. The Morgan fingerprint density at radius 1 is 0.919 bits per heavy atom. The van der Waals surface area contributed by atoms with E-state index in [9.17, 15) is 23.5 Å². The maximum Gasteiger partial charge on any atom is 0.221 e. The highest BCUT2D eigenvalue weighted by Crippen LogP contribution is 2.46. The summed E-state index contributed by atoms with van der Waals surface area (Å²) in [5.41, 5.74) is 3.81. The van der Waals surface area contributed by atoms with Crippen molar-refractivity contribution in [3.63, 3.8) is 0 Å². The first kappa shape index (κ1) is 26.4. The van der Waals surface area contributed by atoms with E-state index in [4.69, 9.17) is 0 Å². The number of halogens is 2. The summed E-state index contributed by atoms with van der Waals surface area (Å²) in [6.07, 6.45) is 0.874. The van der Waals surface area contributed by atoms with Crippen LogP contribution in [-0.4, -0.2) is 35.6 Å². The quantitative estimate of drug-likeness (QED) is 0.330. The van der Waals surface area contributed by atoms with E-state index in [1.165, 1.54) is 26.0 Å². The minimum absolute atomic E-state index is 0.0875. The molecule has 0 saturated heterocycles. The van der Waals surface area contributed by atoms with Crippen LogP contribution in [0.2, 0.25) is 0 Å². The molecule has 0 unspecified atom stereocenters. The Kier molecular flexibility index (Phi) is 8.00. The van der Waals surface area contributed by atoms with Crippen LogP contribution in [-0.2, 0) is 21.5 Å². The summed E-state index contributed by atoms with van der Waals surface area (Å²) in [4.78, 5) is 23.2. The van der Waals surface area contributed by atoms with E-state index < -0.39 is 23.8 Å². The lowest BCUT2D eigenvalue weighted by atomic mass is 9.96. The van der Waals surface area contributed by atoms with E-state index in [2.05, 4.69) is 22.0 Å². The molecule has 0 heterocycles. The van der Waals surface area contributed by atoms with E-state index in [0.717, 1.165) is 41.3 Å². The first-order chi connectivity index (χ1) is 17.6. The summed E-state index contributed by atoms with van der Waals surface area (Å²) in [6, 6.07) is 18.2. The molecule has 1 saturated carbocycles. The lowest BCUT2D eigenvalue weighted by Gasteiger charge is -2.27. The Morgan fingerprint density at radius 3 is 2.19 bits per heavy atom. The molecule has 0 spiro atoms. The van der Waals surface area contributed by atoms with Crippen LogP contribution in [0.1, 0.15) is 37.8 Å². The van der Waals surface area contributed by atoms with Crippen LogP contribution in [0, 0.1) is 11.6 Å². The molecule has 1 fully saturated rings. The third kappa shape index (κ3) is 6.99. The summed E-state index contributed by atoms with van der Waals surface area (Å²) < 4.78 is 27.3. The third-order valence-electron chi connectivity index (χ3n) is 6.56. The van der Waals surface area contributed by atoms with Gasteiger partial charge in [0.15, 0.2) is 0 Å². The highest BCUT2D eigenvalue weighted by atomic mass is 19.1. The van der Waals surface area contributed by atoms with Gasteiger partial charge in [0.25, 0.3) is 0 Å². The van der Waals surface area contributed by atoms with Crippen molar-refractivity contribution in [3.05, 3.63) is 89.5 Å². The number of aliphatic hydroxyl groups is 1. The second-order valence-corrected chi connectivity index (χ2v) is 9.66. The highest BCUT2D eigenvalue weighted by Gasteiger charge is 2.44. The molecule has 6 nitrogen and oxygen atoms in total. The van der Waals surface area contributed by atoms with E-state index in [1.54, 1.807) is 0 Å². The Hall–Kier alpha value is -3.62. The molecule has 37 heavy (non-hydrogen) atoms. The molecule has 3 aromatic rings. The number of amides is 2. The van der Waals surface area contributed by atoms with Crippen molar-refractivity contribution < 1.29 is 23.5 Å². The molecule has 0 radical (unpaired) electrons. The highest BCUT2D eigenvalue weighted by molar-refractivity contribution is 5.89. The van der Waals surface area contributed by atoms with Crippen molar-refractivity contribution in [1.82, 2.24) is 10.6 Å². The van der Waals surface area contributed by atoms with Gasteiger partial charge in [0.2, 0.25) is 11.8 Å². The second kappa shape index (κ2) is 11.2. The molecule has 194 valence electrons. The minimum Gasteiger partial charge on any atom is -0.390 e. The monoisotopic (exact) mass is 507 g/mol. The van der Waals surface area contributed by atoms with E-state index in [-0.39, 0.29) is 30.3 Å². The fourth-order valence-electron chi connectivity index (χ4n) is 4.64.